The van der Waals surface area contributed by atoms with Gasteiger partial charge in [-0.15, -0.1) is 0 Å². The summed E-state index contributed by atoms with van der Waals surface area (Å²) in [6, 6.07) is 12.4. The fourth-order valence-corrected chi connectivity index (χ4v) is 4.62. The number of carbonyl (C=O) groups excluding carboxylic acids is 1. The molecule has 0 saturated carbocycles. The number of anilines is 2. The van der Waals surface area contributed by atoms with Gasteiger partial charge in [0.15, 0.2) is 11.5 Å². The van der Waals surface area contributed by atoms with E-state index in [0.717, 1.165) is 37.3 Å². The summed E-state index contributed by atoms with van der Waals surface area (Å²) in [6.07, 6.45) is 3.85. The van der Waals surface area contributed by atoms with E-state index >= 15 is 0 Å². The van der Waals surface area contributed by atoms with Crippen LogP contribution >= 0.6 is 23.2 Å². The second-order valence-electron chi connectivity index (χ2n) is 8.62. The zero-order chi connectivity index (χ0) is 25.1. The minimum absolute atomic E-state index is 0.121. The van der Waals surface area contributed by atoms with Crippen LogP contribution in [0.1, 0.15) is 30.1 Å². The van der Waals surface area contributed by atoms with Gasteiger partial charge < -0.3 is 16.4 Å². The standard InChI is InChI=1S/C25H24Cl2N8O/c26-17-7-6-14(19(27)11-17)10-21(36)31-18-5-1-3-15(9-18)20-13-30-23(28)22(32-20)25-33-24(34-35-25)16-4-2-8-29-12-16/h1,3,5-7,9,11,13,16,29H,2,4,8,10,12H2,(H2,28,30)(H,31,36)(H,33,34,35). The van der Waals surface area contributed by atoms with Gasteiger partial charge in [0, 0.05) is 33.8 Å². The number of nitrogen functional groups attached to an aromatic ring is 1. The molecule has 0 bridgehead atoms. The Kier molecular flexibility index (Phi) is 7.13. The highest BCUT2D eigenvalue weighted by Gasteiger charge is 2.21. The van der Waals surface area contributed by atoms with Gasteiger partial charge in [-0.25, -0.2) is 15.0 Å². The molecule has 4 aromatic rings. The van der Waals surface area contributed by atoms with Crippen molar-refractivity contribution in [2.75, 3.05) is 24.1 Å². The monoisotopic (exact) mass is 522 g/mol. The van der Waals surface area contributed by atoms with Crippen LogP contribution in [0.3, 0.4) is 0 Å². The number of rotatable bonds is 6. The van der Waals surface area contributed by atoms with E-state index in [-0.39, 0.29) is 24.1 Å². The van der Waals surface area contributed by atoms with Crippen LogP contribution in [0.5, 0.6) is 0 Å². The zero-order valence-electron chi connectivity index (χ0n) is 19.3. The van der Waals surface area contributed by atoms with Gasteiger partial charge in [-0.3, -0.25) is 9.89 Å². The van der Waals surface area contributed by atoms with E-state index in [0.29, 0.717) is 38.5 Å². The summed E-state index contributed by atoms with van der Waals surface area (Å²) in [5, 5.41) is 14.6. The molecular formula is C25H24Cl2N8O. The van der Waals surface area contributed by atoms with E-state index in [9.17, 15) is 4.79 Å². The van der Waals surface area contributed by atoms with Gasteiger partial charge in [-0.05, 0) is 49.2 Å². The van der Waals surface area contributed by atoms with Gasteiger partial charge >= 0.3 is 0 Å². The predicted octanol–water partition coefficient (Wildman–Crippen LogP) is 4.47. The number of hydrogen-bond acceptors (Lipinski definition) is 7. The Hall–Kier alpha value is -3.53. The first kappa shape index (κ1) is 24.2. The first-order valence-corrected chi connectivity index (χ1v) is 12.3. The van der Waals surface area contributed by atoms with Crippen molar-refractivity contribution in [2.24, 2.45) is 0 Å². The Labute approximate surface area is 217 Å². The number of hydrogen-bond donors (Lipinski definition) is 4. The van der Waals surface area contributed by atoms with Crippen LogP contribution in [0.2, 0.25) is 10.0 Å². The van der Waals surface area contributed by atoms with Crippen LogP contribution < -0.4 is 16.4 Å². The third kappa shape index (κ3) is 5.48. The van der Waals surface area contributed by atoms with Crippen molar-refractivity contribution in [3.63, 3.8) is 0 Å². The minimum Gasteiger partial charge on any atom is -0.382 e. The first-order valence-electron chi connectivity index (χ1n) is 11.6. The molecule has 11 heteroatoms. The molecule has 1 aliphatic rings. The molecule has 1 fully saturated rings. The Balaban J connectivity index is 1.34. The van der Waals surface area contributed by atoms with Gasteiger partial charge in [0.2, 0.25) is 11.7 Å². The third-order valence-electron chi connectivity index (χ3n) is 6.01. The third-order valence-corrected chi connectivity index (χ3v) is 6.59. The molecule has 0 aliphatic carbocycles. The quantitative estimate of drug-likeness (QED) is 0.293. The molecule has 1 amide bonds. The molecule has 1 saturated heterocycles. The number of nitrogens with one attached hydrogen (secondary N) is 3. The lowest BCUT2D eigenvalue weighted by Gasteiger charge is -2.20. The lowest BCUT2D eigenvalue weighted by Crippen LogP contribution is -2.28. The van der Waals surface area contributed by atoms with Crippen molar-refractivity contribution >= 4 is 40.6 Å². The summed E-state index contributed by atoms with van der Waals surface area (Å²) < 4.78 is 0. The zero-order valence-corrected chi connectivity index (χ0v) is 20.8. The number of H-pyrrole nitrogens is 1. The van der Waals surface area contributed by atoms with Crippen molar-refractivity contribution < 1.29 is 4.79 Å². The Morgan fingerprint density at radius 2 is 2.06 bits per heavy atom. The van der Waals surface area contributed by atoms with E-state index in [2.05, 4.69) is 35.8 Å². The second-order valence-corrected chi connectivity index (χ2v) is 9.46. The number of piperidine rings is 1. The maximum atomic E-state index is 12.6. The number of carbonyl (C=O) groups is 1. The first-order chi connectivity index (χ1) is 17.5. The number of nitrogens with two attached hydrogens (primary N) is 1. The molecule has 0 radical (unpaired) electrons. The Morgan fingerprint density at radius 1 is 1.17 bits per heavy atom. The predicted molar refractivity (Wildman–Crippen MR) is 141 cm³/mol. The van der Waals surface area contributed by atoms with Crippen LogP contribution in [0.25, 0.3) is 22.8 Å². The van der Waals surface area contributed by atoms with Crippen molar-refractivity contribution in [1.82, 2.24) is 30.5 Å². The Bertz CT molecular complexity index is 1400. The highest BCUT2D eigenvalue weighted by Crippen LogP contribution is 2.28. The summed E-state index contributed by atoms with van der Waals surface area (Å²) >= 11 is 12.1. The van der Waals surface area contributed by atoms with Crippen molar-refractivity contribution in [3.8, 4) is 22.8 Å². The van der Waals surface area contributed by atoms with Crippen LogP contribution in [0.4, 0.5) is 11.5 Å². The second kappa shape index (κ2) is 10.6. The molecule has 1 aliphatic heterocycles. The van der Waals surface area contributed by atoms with Crippen molar-refractivity contribution in [2.45, 2.75) is 25.2 Å². The smallest absolute Gasteiger partial charge is 0.228 e. The van der Waals surface area contributed by atoms with Crippen LogP contribution in [0.15, 0.2) is 48.7 Å². The minimum atomic E-state index is -0.203. The molecule has 5 N–H and O–H groups in total. The average molecular weight is 523 g/mol. The largest absolute Gasteiger partial charge is 0.382 e. The van der Waals surface area contributed by atoms with Crippen LogP contribution in [0, 0.1) is 0 Å². The summed E-state index contributed by atoms with van der Waals surface area (Å²) in [5.41, 5.74) is 9.19. The maximum absolute atomic E-state index is 12.6. The van der Waals surface area contributed by atoms with Gasteiger partial charge in [-0.1, -0.05) is 41.4 Å². The van der Waals surface area contributed by atoms with Crippen molar-refractivity contribution in [1.29, 1.82) is 0 Å². The van der Waals surface area contributed by atoms with Crippen LogP contribution in [-0.2, 0) is 11.2 Å². The fourth-order valence-electron chi connectivity index (χ4n) is 4.15. The molecular weight excluding hydrogens is 499 g/mol. The summed E-state index contributed by atoms with van der Waals surface area (Å²) in [7, 11) is 0. The molecule has 3 heterocycles. The lowest BCUT2D eigenvalue weighted by atomic mass is 9.99. The highest BCUT2D eigenvalue weighted by atomic mass is 35.5. The lowest BCUT2D eigenvalue weighted by molar-refractivity contribution is -0.115. The van der Waals surface area contributed by atoms with Gasteiger partial charge in [0.25, 0.3) is 0 Å². The SMILES string of the molecule is Nc1ncc(-c2cccc(NC(=O)Cc3ccc(Cl)cc3Cl)c2)nc1-c1n[nH]c(C2CCCNC2)n1. The normalized spacial score (nSPS) is 15.6. The number of benzene rings is 2. The number of halogens is 2. The van der Waals surface area contributed by atoms with E-state index in [1.165, 1.54) is 0 Å². The molecule has 9 nitrogen and oxygen atoms in total. The molecule has 36 heavy (non-hydrogen) atoms. The topological polar surface area (TPSA) is 134 Å². The molecule has 1 atom stereocenters. The summed E-state index contributed by atoms with van der Waals surface area (Å²) in [6.45, 7) is 1.88. The van der Waals surface area contributed by atoms with Gasteiger partial charge in [0.05, 0.1) is 18.3 Å². The van der Waals surface area contributed by atoms with Gasteiger partial charge in [0.1, 0.15) is 5.82 Å². The fraction of sp³-hybridized carbons (Fsp3) is 0.240. The number of aromatic amines is 1. The molecule has 184 valence electrons. The summed E-state index contributed by atoms with van der Waals surface area (Å²) in [4.78, 5) is 26.3. The molecule has 1 unspecified atom stereocenters. The van der Waals surface area contributed by atoms with Crippen molar-refractivity contribution in [3.05, 3.63) is 70.1 Å². The Morgan fingerprint density at radius 3 is 2.86 bits per heavy atom. The highest BCUT2D eigenvalue weighted by molar-refractivity contribution is 6.35. The van der Waals surface area contributed by atoms with Gasteiger partial charge in [-0.2, -0.15) is 5.10 Å². The number of nitrogens with zero attached hydrogens (tertiary/aromatic N) is 4. The summed E-state index contributed by atoms with van der Waals surface area (Å²) in [5.74, 6) is 1.54. The van der Waals surface area contributed by atoms with E-state index < -0.39 is 0 Å². The number of aromatic nitrogens is 5. The van der Waals surface area contributed by atoms with E-state index in [4.69, 9.17) is 28.9 Å². The molecule has 2 aromatic carbocycles. The molecule has 0 spiro atoms. The van der Waals surface area contributed by atoms with E-state index in [1.54, 1.807) is 30.5 Å². The molecule has 2 aromatic heterocycles. The van der Waals surface area contributed by atoms with Crippen LogP contribution in [-0.4, -0.2) is 44.1 Å². The molecule has 5 rings (SSSR count). The average Bonchev–Trinajstić information content (AvgIpc) is 3.37. The van der Waals surface area contributed by atoms with E-state index in [1.807, 2.05) is 18.2 Å². The number of amides is 1. The maximum Gasteiger partial charge on any atom is 0.228 e.